The Morgan fingerprint density at radius 1 is 1.20 bits per heavy atom. The lowest BCUT2D eigenvalue weighted by atomic mass is 9.77. The molecule has 0 radical (unpaired) electrons. The summed E-state index contributed by atoms with van der Waals surface area (Å²) < 4.78 is 0. The Bertz CT molecular complexity index is 448. The molecule has 0 bridgehead atoms. The SMILES string of the molecule is CC1(O)C(=O)c2ccccc2C(=O)C1O. The maximum atomic E-state index is 11.7. The average Bonchev–Trinajstić information content (AvgIpc) is 2.24. The van der Waals surface area contributed by atoms with Crippen LogP contribution in [0.25, 0.3) is 0 Å². The number of carbonyl (C=O) groups excluding carboxylic acids is 2. The van der Waals surface area contributed by atoms with Crippen LogP contribution in [0, 0.1) is 0 Å². The summed E-state index contributed by atoms with van der Waals surface area (Å²) in [4.78, 5) is 23.3. The van der Waals surface area contributed by atoms with Crippen molar-refractivity contribution in [2.24, 2.45) is 0 Å². The van der Waals surface area contributed by atoms with Crippen molar-refractivity contribution < 1.29 is 19.8 Å². The zero-order chi connectivity index (χ0) is 11.2. The van der Waals surface area contributed by atoms with Gasteiger partial charge in [-0.15, -0.1) is 0 Å². The maximum absolute atomic E-state index is 11.7. The molecule has 0 aromatic heterocycles. The Morgan fingerprint density at radius 3 is 2.33 bits per heavy atom. The molecule has 1 aliphatic rings. The van der Waals surface area contributed by atoms with Crippen LogP contribution in [0.3, 0.4) is 0 Å². The average molecular weight is 206 g/mol. The van der Waals surface area contributed by atoms with Crippen LogP contribution in [0.15, 0.2) is 24.3 Å². The van der Waals surface area contributed by atoms with Gasteiger partial charge in [0.05, 0.1) is 0 Å². The molecule has 1 aromatic carbocycles. The van der Waals surface area contributed by atoms with Crippen LogP contribution >= 0.6 is 0 Å². The minimum absolute atomic E-state index is 0.165. The lowest BCUT2D eigenvalue weighted by Gasteiger charge is -2.31. The van der Waals surface area contributed by atoms with Crippen LogP contribution in [0.1, 0.15) is 27.6 Å². The molecule has 4 heteroatoms. The maximum Gasteiger partial charge on any atom is 0.197 e. The fourth-order valence-electron chi connectivity index (χ4n) is 1.70. The predicted molar refractivity (Wildman–Crippen MR) is 51.7 cm³/mol. The third kappa shape index (κ3) is 1.22. The van der Waals surface area contributed by atoms with Crippen molar-refractivity contribution >= 4 is 11.6 Å². The van der Waals surface area contributed by atoms with Gasteiger partial charge < -0.3 is 10.2 Å². The Morgan fingerprint density at radius 2 is 1.73 bits per heavy atom. The van der Waals surface area contributed by atoms with Crippen molar-refractivity contribution in [1.29, 1.82) is 0 Å². The predicted octanol–water partition coefficient (Wildman–Crippen LogP) is 0.177. The van der Waals surface area contributed by atoms with Gasteiger partial charge in [0, 0.05) is 11.1 Å². The Labute approximate surface area is 86.2 Å². The highest BCUT2D eigenvalue weighted by Crippen LogP contribution is 2.28. The van der Waals surface area contributed by atoms with Crippen molar-refractivity contribution in [3.63, 3.8) is 0 Å². The molecule has 0 amide bonds. The lowest BCUT2D eigenvalue weighted by Crippen LogP contribution is -2.54. The van der Waals surface area contributed by atoms with Crippen LogP contribution in [-0.2, 0) is 0 Å². The van der Waals surface area contributed by atoms with Crippen molar-refractivity contribution in [2.75, 3.05) is 0 Å². The fourth-order valence-corrected chi connectivity index (χ4v) is 1.70. The van der Waals surface area contributed by atoms with E-state index in [0.717, 1.165) is 6.92 Å². The van der Waals surface area contributed by atoms with Gasteiger partial charge >= 0.3 is 0 Å². The second-order valence-corrected chi connectivity index (χ2v) is 3.79. The Kier molecular flexibility index (Phi) is 1.99. The molecule has 15 heavy (non-hydrogen) atoms. The number of benzene rings is 1. The second kappa shape index (κ2) is 2.98. The molecule has 78 valence electrons. The molecule has 2 atom stereocenters. The van der Waals surface area contributed by atoms with E-state index in [9.17, 15) is 19.8 Å². The highest BCUT2D eigenvalue weighted by Gasteiger charge is 2.48. The first-order valence-electron chi connectivity index (χ1n) is 4.54. The summed E-state index contributed by atoms with van der Waals surface area (Å²) >= 11 is 0. The number of rotatable bonds is 0. The molecule has 2 N–H and O–H groups in total. The molecular formula is C11H10O4. The molecular weight excluding hydrogens is 196 g/mol. The number of fused-ring (bicyclic) bond motifs is 1. The summed E-state index contributed by atoms with van der Waals surface area (Å²) in [5.41, 5.74) is -1.69. The van der Waals surface area contributed by atoms with Crippen molar-refractivity contribution in [2.45, 2.75) is 18.6 Å². The number of ketones is 2. The van der Waals surface area contributed by atoms with Gasteiger partial charge in [0.15, 0.2) is 23.3 Å². The van der Waals surface area contributed by atoms with Crippen LogP contribution in [0.2, 0.25) is 0 Å². The summed E-state index contributed by atoms with van der Waals surface area (Å²) in [5.74, 6) is -1.24. The smallest absolute Gasteiger partial charge is 0.197 e. The van der Waals surface area contributed by atoms with Crippen LogP contribution in [0.4, 0.5) is 0 Å². The number of aliphatic hydroxyl groups is 2. The summed E-state index contributed by atoms with van der Waals surface area (Å²) in [7, 11) is 0. The van der Waals surface area contributed by atoms with Crippen molar-refractivity contribution in [3.05, 3.63) is 35.4 Å². The molecule has 0 aliphatic heterocycles. The highest BCUT2D eigenvalue weighted by atomic mass is 16.4. The summed E-state index contributed by atoms with van der Waals surface area (Å²) in [5, 5.41) is 19.2. The molecule has 0 saturated heterocycles. The Hall–Kier alpha value is -1.52. The number of hydrogen-bond acceptors (Lipinski definition) is 4. The fraction of sp³-hybridized carbons (Fsp3) is 0.273. The van der Waals surface area contributed by atoms with Gasteiger partial charge in [0.2, 0.25) is 0 Å². The van der Waals surface area contributed by atoms with E-state index in [-0.39, 0.29) is 11.1 Å². The molecule has 1 aliphatic carbocycles. The molecule has 0 fully saturated rings. The van der Waals surface area contributed by atoms with Crippen LogP contribution < -0.4 is 0 Å². The van der Waals surface area contributed by atoms with E-state index < -0.39 is 23.3 Å². The molecule has 2 rings (SSSR count). The monoisotopic (exact) mass is 206 g/mol. The minimum Gasteiger partial charge on any atom is -0.381 e. The van der Waals surface area contributed by atoms with Gasteiger partial charge in [-0.3, -0.25) is 9.59 Å². The van der Waals surface area contributed by atoms with Crippen molar-refractivity contribution in [3.8, 4) is 0 Å². The second-order valence-electron chi connectivity index (χ2n) is 3.79. The van der Waals surface area contributed by atoms with Gasteiger partial charge in [-0.2, -0.15) is 0 Å². The summed E-state index contributed by atoms with van der Waals surface area (Å²) in [6.45, 7) is 1.15. The topological polar surface area (TPSA) is 74.6 Å². The van der Waals surface area contributed by atoms with E-state index >= 15 is 0 Å². The zero-order valence-electron chi connectivity index (χ0n) is 8.10. The quantitative estimate of drug-likeness (QED) is 0.634. The molecule has 0 saturated carbocycles. The highest BCUT2D eigenvalue weighted by molar-refractivity contribution is 6.19. The number of aliphatic hydroxyl groups excluding tert-OH is 1. The van der Waals surface area contributed by atoms with Gasteiger partial charge in [0.25, 0.3) is 0 Å². The number of hydrogen-bond donors (Lipinski definition) is 2. The normalized spacial score (nSPS) is 30.2. The molecule has 1 aromatic rings. The first kappa shape index (κ1) is 10.0. The van der Waals surface area contributed by atoms with Gasteiger partial charge in [-0.1, -0.05) is 24.3 Å². The third-order valence-corrected chi connectivity index (χ3v) is 2.68. The van der Waals surface area contributed by atoms with E-state index in [1.807, 2.05) is 0 Å². The van der Waals surface area contributed by atoms with Gasteiger partial charge in [-0.05, 0) is 6.92 Å². The van der Waals surface area contributed by atoms with Crippen LogP contribution in [0.5, 0.6) is 0 Å². The van der Waals surface area contributed by atoms with Crippen molar-refractivity contribution in [1.82, 2.24) is 0 Å². The zero-order valence-corrected chi connectivity index (χ0v) is 8.10. The van der Waals surface area contributed by atoms with E-state index in [2.05, 4.69) is 0 Å². The Balaban J connectivity index is 2.68. The van der Waals surface area contributed by atoms with Gasteiger partial charge in [0.1, 0.15) is 0 Å². The number of Topliss-reactive ketones (excluding diaryl/α,β-unsaturated/α-hetero) is 2. The minimum atomic E-state index is -2.02. The molecule has 4 nitrogen and oxygen atoms in total. The first-order chi connectivity index (χ1) is 6.96. The first-order valence-corrected chi connectivity index (χ1v) is 4.54. The summed E-state index contributed by atoms with van der Waals surface area (Å²) in [6.07, 6.45) is -1.68. The standard InChI is InChI=1S/C11H10O4/c1-11(15)9(13)7-5-3-2-4-6(7)8(12)10(11)14/h2-5,10,14-15H,1H3. The molecule has 2 unspecified atom stereocenters. The van der Waals surface area contributed by atoms with E-state index in [1.165, 1.54) is 12.1 Å². The van der Waals surface area contributed by atoms with E-state index in [4.69, 9.17) is 0 Å². The van der Waals surface area contributed by atoms with Gasteiger partial charge in [-0.25, -0.2) is 0 Å². The number of carbonyl (C=O) groups is 2. The van der Waals surface area contributed by atoms with E-state index in [1.54, 1.807) is 12.1 Å². The van der Waals surface area contributed by atoms with Crippen LogP contribution in [-0.4, -0.2) is 33.5 Å². The lowest BCUT2D eigenvalue weighted by molar-refractivity contribution is -0.0306. The summed E-state index contributed by atoms with van der Waals surface area (Å²) in [6, 6.07) is 6.15. The molecule has 0 spiro atoms. The largest absolute Gasteiger partial charge is 0.381 e. The third-order valence-electron chi connectivity index (χ3n) is 2.68. The molecule has 0 heterocycles. The van der Waals surface area contributed by atoms with E-state index in [0.29, 0.717) is 0 Å².